The minimum absolute atomic E-state index is 0.317. The van der Waals surface area contributed by atoms with E-state index in [0.717, 1.165) is 5.69 Å². The smallest absolute Gasteiger partial charge is 0.322 e. The number of methoxy groups -OCH3 is 1. The minimum atomic E-state index is 0.317. The number of rotatable bonds is 5. The Morgan fingerprint density at radius 1 is 1.33 bits per heavy atom. The normalized spacial score (nSPS) is 10.6. The first kappa shape index (κ1) is 13.1. The highest BCUT2D eigenvalue weighted by Gasteiger charge is 2.12. The van der Waals surface area contributed by atoms with Crippen LogP contribution in [0.15, 0.2) is 35.1 Å². The van der Waals surface area contributed by atoms with E-state index >= 15 is 0 Å². The third-order valence-corrected chi connectivity index (χ3v) is 2.86. The number of aromatic nitrogens is 5. The summed E-state index contributed by atoms with van der Waals surface area (Å²) in [7, 11) is 3.45. The number of anilines is 1. The third kappa shape index (κ3) is 2.83. The zero-order chi connectivity index (χ0) is 14.7. The molecule has 3 rings (SSSR count). The topological polar surface area (TPSA) is 90.9 Å². The van der Waals surface area contributed by atoms with Crippen molar-refractivity contribution in [3.05, 3.63) is 36.3 Å². The summed E-state index contributed by atoms with van der Waals surface area (Å²) < 4.78 is 12.0. The Morgan fingerprint density at radius 2 is 2.24 bits per heavy atom. The van der Waals surface area contributed by atoms with E-state index < -0.39 is 0 Å². The van der Waals surface area contributed by atoms with Gasteiger partial charge in [-0.05, 0) is 6.07 Å². The molecule has 108 valence electrons. The average molecular weight is 286 g/mol. The van der Waals surface area contributed by atoms with Crippen molar-refractivity contribution >= 4 is 6.01 Å². The Hall–Kier alpha value is -2.90. The Bertz CT molecular complexity index is 736. The van der Waals surface area contributed by atoms with E-state index in [9.17, 15) is 0 Å². The summed E-state index contributed by atoms with van der Waals surface area (Å²) >= 11 is 0. The van der Waals surface area contributed by atoms with Crippen LogP contribution >= 0.6 is 0 Å². The highest BCUT2D eigenvalue weighted by Crippen LogP contribution is 2.15. The third-order valence-electron chi connectivity index (χ3n) is 2.86. The Balaban J connectivity index is 1.69. The van der Waals surface area contributed by atoms with Crippen molar-refractivity contribution in [1.82, 2.24) is 24.7 Å². The van der Waals surface area contributed by atoms with E-state index in [-0.39, 0.29) is 0 Å². The number of pyridine rings is 1. The number of imidazole rings is 1. The molecule has 8 heteroatoms. The fraction of sp³-hybridized carbons (Fsp3) is 0.231. The van der Waals surface area contributed by atoms with Gasteiger partial charge in [-0.3, -0.25) is 0 Å². The number of nitrogens with zero attached hydrogens (tertiary/aromatic N) is 5. The van der Waals surface area contributed by atoms with Gasteiger partial charge in [0, 0.05) is 25.5 Å². The predicted molar refractivity (Wildman–Crippen MR) is 74.6 cm³/mol. The molecule has 0 radical (unpaired) electrons. The van der Waals surface area contributed by atoms with Gasteiger partial charge in [-0.15, -0.1) is 0 Å². The van der Waals surface area contributed by atoms with Crippen LogP contribution in [0.3, 0.4) is 0 Å². The molecule has 21 heavy (non-hydrogen) atoms. The first-order chi connectivity index (χ1) is 10.3. The first-order valence-corrected chi connectivity index (χ1v) is 6.31. The number of ether oxygens (including phenoxy) is 1. The van der Waals surface area contributed by atoms with Gasteiger partial charge in [-0.2, -0.15) is 4.98 Å². The van der Waals surface area contributed by atoms with Crippen LogP contribution in [0.4, 0.5) is 6.01 Å². The van der Waals surface area contributed by atoms with E-state index in [1.807, 2.05) is 29.9 Å². The molecule has 0 aliphatic rings. The zero-order valence-corrected chi connectivity index (χ0v) is 11.6. The molecule has 3 aromatic heterocycles. The molecule has 0 saturated carbocycles. The van der Waals surface area contributed by atoms with Crippen LogP contribution in [0.1, 0.15) is 5.69 Å². The summed E-state index contributed by atoms with van der Waals surface area (Å²) in [6.07, 6.45) is 3.50. The SMILES string of the molecule is COc1cccc(CNc2nc(-c3nccn3C)no2)n1. The molecule has 0 aliphatic heterocycles. The van der Waals surface area contributed by atoms with Crippen LogP contribution in [0.5, 0.6) is 5.88 Å². The molecular weight excluding hydrogens is 272 g/mol. The lowest BCUT2D eigenvalue weighted by Gasteiger charge is -2.03. The molecule has 1 N–H and O–H groups in total. The van der Waals surface area contributed by atoms with Crippen LogP contribution in [0, 0.1) is 0 Å². The number of aryl methyl sites for hydroxylation is 1. The fourth-order valence-corrected chi connectivity index (χ4v) is 1.80. The summed E-state index contributed by atoms with van der Waals surface area (Å²) in [6.45, 7) is 0.458. The highest BCUT2D eigenvalue weighted by atomic mass is 16.5. The van der Waals surface area contributed by atoms with Crippen LogP contribution in [0.2, 0.25) is 0 Å². The van der Waals surface area contributed by atoms with Gasteiger partial charge in [0.25, 0.3) is 0 Å². The minimum Gasteiger partial charge on any atom is -0.481 e. The monoisotopic (exact) mass is 286 g/mol. The van der Waals surface area contributed by atoms with E-state index in [0.29, 0.717) is 30.1 Å². The molecule has 0 aromatic carbocycles. The lowest BCUT2D eigenvalue weighted by molar-refractivity contribution is 0.396. The number of hydrogen-bond acceptors (Lipinski definition) is 7. The maximum Gasteiger partial charge on any atom is 0.322 e. The van der Waals surface area contributed by atoms with Gasteiger partial charge in [0.2, 0.25) is 11.7 Å². The summed E-state index contributed by atoms with van der Waals surface area (Å²) in [5, 5.41) is 6.91. The van der Waals surface area contributed by atoms with Gasteiger partial charge < -0.3 is 19.1 Å². The molecular formula is C13H14N6O2. The van der Waals surface area contributed by atoms with Crippen molar-refractivity contribution in [3.63, 3.8) is 0 Å². The van der Waals surface area contributed by atoms with Gasteiger partial charge in [0.15, 0.2) is 5.82 Å². The molecule has 8 nitrogen and oxygen atoms in total. The molecule has 0 bridgehead atoms. The van der Waals surface area contributed by atoms with E-state index in [4.69, 9.17) is 9.26 Å². The van der Waals surface area contributed by atoms with Crippen molar-refractivity contribution < 1.29 is 9.26 Å². The van der Waals surface area contributed by atoms with Crippen LogP contribution in [0.25, 0.3) is 11.6 Å². The molecule has 0 amide bonds. The Morgan fingerprint density at radius 3 is 3.00 bits per heavy atom. The van der Waals surface area contributed by atoms with Crippen molar-refractivity contribution in [3.8, 4) is 17.5 Å². The van der Waals surface area contributed by atoms with Gasteiger partial charge >= 0.3 is 6.01 Å². The maximum absolute atomic E-state index is 5.14. The standard InChI is InChI=1S/C13H14N6O2/c1-19-7-6-14-12(19)11-17-13(21-18-11)15-8-9-4-3-5-10(16-9)20-2/h3-7H,8H2,1-2H3,(H,15,17,18). The van der Waals surface area contributed by atoms with Crippen LogP contribution in [-0.2, 0) is 13.6 Å². The molecule has 0 fully saturated rings. The summed E-state index contributed by atoms with van der Waals surface area (Å²) in [6, 6.07) is 5.86. The second-order valence-corrected chi connectivity index (χ2v) is 4.31. The lowest BCUT2D eigenvalue weighted by atomic mass is 10.3. The molecule has 0 spiro atoms. The molecule has 0 aliphatic carbocycles. The largest absolute Gasteiger partial charge is 0.481 e. The number of hydrogen-bond donors (Lipinski definition) is 1. The highest BCUT2D eigenvalue weighted by molar-refractivity contribution is 5.45. The Kier molecular flexibility index (Phi) is 3.50. The van der Waals surface area contributed by atoms with Gasteiger partial charge in [-0.25, -0.2) is 9.97 Å². The Labute approximate surface area is 120 Å². The van der Waals surface area contributed by atoms with E-state index in [1.54, 1.807) is 19.4 Å². The van der Waals surface area contributed by atoms with Crippen LogP contribution in [-0.4, -0.2) is 31.8 Å². The molecule has 0 atom stereocenters. The molecule has 3 aromatic rings. The van der Waals surface area contributed by atoms with Crippen molar-refractivity contribution in [2.24, 2.45) is 7.05 Å². The lowest BCUT2D eigenvalue weighted by Crippen LogP contribution is -2.02. The molecule has 0 unspecified atom stereocenters. The van der Waals surface area contributed by atoms with Crippen molar-refractivity contribution in [1.29, 1.82) is 0 Å². The summed E-state index contributed by atoms with van der Waals surface area (Å²) in [5.74, 6) is 1.64. The quantitative estimate of drug-likeness (QED) is 0.759. The second-order valence-electron chi connectivity index (χ2n) is 4.31. The van der Waals surface area contributed by atoms with Crippen molar-refractivity contribution in [2.75, 3.05) is 12.4 Å². The van der Waals surface area contributed by atoms with E-state index in [2.05, 4.69) is 25.4 Å². The summed E-state index contributed by atoms with van der Waals surface area (Å²) in [5.41, 5.74) is 0.811. The van der Waals surface area contributed by atoms with E-state index in [1.165, 1.54) is 0 Å². The fourth-order valence-electron chi connectivity index (χ4n) is 1.80. The summed E-state index contributed by atoms with van der Waals surface area (Å²) in [4.78, 5) is 12.7. The van der Waals surface area contributed by atoms with Crippen molar-refractivity contribution in [2.45, 2.75) is 6.54 Å². The maximum atomic E-state index is 5.14. The van der Waals surface area contributed by atoms with Gasteiger partial charge in [0.05, 0.1) is 19.3 Å². The second kappa shape index (κ2) is 5.61. The zero-order valence-electron chi connectivity index (χ0n) is 11.6. The molecule has 3 heterocycles. The predicted octanol–water partition coefficient (Wildman–Crippen LogP) is 1.49. The van der Waals surface area contributed by atoms with Gasteiger partial charge in [0.1, 0.15) is 0 Å². The average Bonchev–Trinajstić information content (AvgIpc) is 3.14. The number of nitrogens with one attached hydrogen (secondary N) is 1. The first-order valence-electron chi connectivity index (χ1n) is 6.31. The van der Waals surface area contributed by atoms with Crippen LogP contribution < -0.4 is 10.1 Å². The van der Waals surface area contributed by atoms with Gasteiger partial charge in [-0.1, -0.05) is 11.2 Å². The molecule has 0 saturated heterocycles.